The van der Waals surface area contributed by atoms with Gasteiger partial charge in [-0.05, 0) is 0 Å². The molecule has 0 aromatic rings. The third-order valence-electron chi connectivity index (χ3n) is 0. The molecule has 0 radical (unpaired) electrons. The molecule has 4 nitrogen and oxygen atoms in total. The minimum absolute atomic E-state index is 0. The zero-order valence-electron chi connectivity index (χ0n) is 2.12. The van der Waals surface area contributed by atoms with Crippen molar-refractivity contribution in [3.8, 4) is 0 Å². The number of rotatable bonds is 0. The van der Waals surface area contributed by atoms with E-state index >= 15 is 0 Å². The summed E-state index contributed by atoms with van der Waals surface area (Å²) in [5.74, 6) is 0. The second-order valence-corrected chi connectivity index (χ2v) is 1.34. The molecule has 0 saturated carbocycles. The molecule has 0 rings (SSSR count). The number of hydrogen-bond donors (Lipinski definition) is 2. The van der Waals surface area contributed by atoms with Crippen molar-refractivity contribution in [2.24, 2.45) is 0 Å². The topological polar surface area (TPSA) is 74.6 Å². The fourth-order valence-electron chi connectivity index (χ4n) is 0. The van der Waals surface area contributed by atoms with Crippen LogP contribution in [0.15, 0.2) is 0 Å². The van der Waals surface area contributed by atoms with E-state index in [1.165, 1.54) is 0 Å². The Labute approximate surface area is 74.3 Å². The summed E-state index contributed by atoms with van der Waals surface area (Å²) < 4.78 is 31.6. The summed E-state index contributed by atoms with van der Waals surface area (Å²) >= 11 is 0. The summed E-state index contributed by atoms with van der Waals surface area (Å²) in [5.41, 5.74) is 0. The van der Waals surface area contributed by atoms with E-state index in [0.29, 0.717) is 0 Å². The van der Waals surface area contributed by atoms with Gasteiger partial charge in [0.25, 0.3) is 0 Å². The summed E-state index contributed by atoms with van der Waals surface area (Å²) in [6, 6.07) is 0. The second-order valence-electron chi connectivity index (χ2n) is 0.448. The molecule has 0 atom stereocenters. The summed E-state index contributed by atoms with van der Waals surface area (Å²) in [7, 11) is -4.67. The van der Waals surface area contributed by atoms with Gasteiger partial charge in [0.15, 0.2) is 17.4 Å². The van der Waals surface area contributed by atoms with Gasteiger partial charge in [0.1, 0.15) is 0 Å². The minimum atomic E-state index is -4.67. The van der Waals surface area contributed by atoms with Gasteiger partial charge in [0, 0.05) is 0 Å². The van der Waals surface area contributed by atoms with Gasteiger partial charge in [-0.2, -0.15) is 8.42 Å². The van der Waals surface area contributed by atoms with Crippen LogP contribution < -0.4 is 0 Å². The molecular weight excluding hydrogens is 146 g/mol. The monoisotopic (exact) mass is 152 g/mol. The standard InChI is InChI=1S/Al.Na.H2O4S.4H/c;;1-5(2,3)4;;;;/h;;(H2,1,2,3,4);;;;. The van der Waals surface area contributed by atoms with Gasteiger partial charge in [0.05, 0.1) is 0 Å². The van der Waals surface area contributed by atoms with Crippen LogP contribution in [-0.2, 0) is 10.4 Å². The molecule has 2 N–H and O–H groups in total. The first-order valence-corrected chi connectivity index (χ1v) is 2.10. The van der Waals surface area contributed by atoms with Gasteiger partial charge in [-0.1, -0.05) is 0 Å². The molecule has 0 amide bonds. The van der Waals surface area contributed by atoms with Crippen LogP contribution in [0.25, 0.3) is 0 Å². The van der Waals surface area contributed by atoms with Gasteiger partial charge in [-0.15, -0.1) is 0 Å². The van der Waals surface area contributed by atoms with Crippen LogP contribution in [0.1, 0.15) is 0 Å². The average Bonchev–Trinajstić information content (AvgIpc) is 0.722. The molecule has 0 heterocycles. The Morgan fingerprint density at radius 1 is 1.14 bits per heavy atom. The van der Waals surface area contributed by atoms with Gasteiger partial charge in [-0.25, -0.2) is 0 Å². The first kappa shape index (κ1) is 15.8. The maximum absolute atomic E-state index is 8.74. The van der Waals surface area contributed by atoms with Crippen molar-refractivity contribution in [1.29, 1.82) is 0 Å². The van der Waals surface area contributed by atoms with Crippen molar-refractivity contribution >= 4 is 57.3 Å². The molecule has 0 bridgehead atoms. The van der Waals surface area contributed by atoms with Crippen molar-refractivity contribution in [3.05, 3.63) is 0 Å². The predicted molar refractivity (Wildman–Crippen MR) is 31.3 cm³/mol. The average molecular weight is 152 g/mol. The molecule has 40 valence electrons. The van der Waals surface area contributed by atoms with E-state index in [9.17, 15) is 0 Å². The van der Waals surface area contributed by atoms with E-state index < -0.39 is 10.4 Å². The molecule has 0 aliphatic heterocycles. The van der Waals surface area contributed by atoms with Crippen LogP contribution in [0, 0.1) is 0 Å². The Morgan fingerprint density at radius 3 is 1.14 bits per heavy atom. The van der Waals surface area contributed by atoms with Gasteiger partial charge >= 0.3 is 40.0 Å². The van der Waals surface area contributed by atoms with E-state index in [2.05, 4.69) is 0 Å². The first-order valence-electron chi connectivity index (χ1n) is 0.698. The molecule has 0 spiro atoms. The first-order chi connectivity index (χ1) is 2.00. The Kier molecular flexibility index (Phi) is 12.5. The Balaban J connectivity index is -0.0000000800. The van der Waals surface area contributed by atoms with Crippen LogP contribution in [0.5, 0.6) is 0 Å². The van der Waals surface area contributed by atoms with Crippen molar-refractivity contribution < 1.29 is 17.5 Å². The van der Waals surface area contributed by atoms with Crippen molar-refractivity contribution in [1.82, 2.24) is 0 Å². The molecule has 0 saturated heterocycles. The van der Waals surface area contributed by atoms with E-state index in [1.54, 1.807) is 0 Å². The SMILES string of the molecule is O=S(=O)(O)O.[AlH3].[NaH]. The molecule has 0 aromatic heterocycles. The second kappa shape index (κ2) is 5.54. The van der Waals surface area contributed by atoms with E-state index in [0.717, 1.165) is 0 Å². The molecular formula is H6AlNaO4S. The van der Waals surface area contributed by atoms with E-state index in [4.69, 9.17) is 17.5 Å². The fourth-order valence-corrected chi connectivity index (χ4v) is 0. The Hall–Kier alpha value is 1.40. The summed E-state index contributed by atoms with van der Waals surface area (Å²) in [5, 5.41) is 0. The third-order valence-corrected chi connectivity index (χ3v) is 0. The fraction of sp³-hybridized carbons (Fsp3) is 0. The molecule has 0 aliphatic carbocycles. The maximum atomic E-state index is 8.74. The van der Waals surface area contributed by atoms with Crippen LogP contribution in [-0.4, -0.2) is 64.4 Å². The van der Waals surface area contributed by atoms with Crippen LogP contribution in [0.2, 0.25) is 0 Å². The van der Waals surface area contributed by atoms with E-state index in [-0.39, 0.29) is 46.9 Å². The summed E-state index contributed by atoms with van der Waals surface area (Å²) in [4.78, 5) is 0. The van der Waals surface area contributed by atoms with E-state index in [1.807, 2.05) is 0 Å². The van der Waals surface area contributed by atoms with Crippen molar-refractivity contribution in [2.45, 2.75) is 0 Å². The zero-order valence-corrected chi connectivity index (χ0v) is 2.94. The summed E-state index contributed by atoms with van der Waals surface area (Å²) in [6.07, 6.45) is 0. The molecule has 0 aromatic carbocycles. The summed E-state index contributed by atoms with van der Waals surface area (Å²) in [6.45, 7) is 0. The Bertz CT molecular complexity index is 94.9. The van der Waals surface area contributed by atoms with Crippen LogP contribution >= 0.6 is 0 Å². The molecule has 0 fully saturated rings. The number of hydrogen-bond acceptors (Lipinski definition) is 2. The molecule has 7 heavy (non-hydrogen) atoms. The normalized spacial score (nSPS) is 8.29. The van der Waals surface area contributed by atoms with Crippen molar-refractivity contribution in [3.63, 3.8) is 0 Å². The molecule has 7 heteroatoms. The zero-order chi connectivity index (χ0) is 4.50. The predicted octanol–water partition coefficient (Wildman–Crippen LogP) is -2.49. The van der Waals surface area contributed by atoms with Crippen LogP contribution in [0.4, 0.5) is 0 Å². The van der Waals surface area contributed by atoms with Crippen LogP contribution in [0.3, 0.4) is 0 Å². The quantitative estimate of drug-likeness (QED) is 0.297. The molecule has 0 aliphatic rings. The van der Waals surface area contributed by atoms with Crippen molar-refractivity contribution in [2.75, 3.05) is 0 Å². The van der Waals surface area contributed by atoms with Gasteiger partial charge < -0.3 is 0 Å². The third kappa shape index (κ3) is 110. The van der Waals surface area contributed by atoms with Gasteiger partial charge in [0.2, 0.25) is 0 Å². The Morgan fingerprint density at radius 2 is 1.14 bits per heavy atom. The molecule has 0 unspecified atom stereocenters. The van der Waals surface area contributed by atoms with Gasteiger partial charge in [-0.3, -0.25) is 9.11 Å².